The van der Waals surface area contributed by atoms with Crippen LogP contribution in [0.25, 0.3) is 10.2 Å². The largest absolute Gasteiger partial charge is 0.497 e. The molecule has 1 aromatic heterocycles. The highest BCUT2D eigenvalue weighted by molar-refractivity contribution is 7.22. The van der Waals surface area contributed by atoms with Crippen LogP contribution in [-0.2, 0) is 10.2 Å². The van der Waals surface area contributed by atoms with Crippen molar-refractivity contribution in [2.45, 2.75) is 45.4 Å². The zero-order valence-corrected chi connectivity index (χ0v) is 18.3. The van der Waals surface area contributed by atoms with E-state index in [9.17, 15) is 4.79 Å². The van der Waals surface area contributed by atoms with Crippen molar-refractivity contribution in [3.05, 3.63) is 48.0 Å². The summed E-state index contributed by atoms with van der Waals surface area (Å²) in [7, 11) is 1.63. The lowest BCUT2D eigenvalue weighted by atomic mass is 9.82. The number of nitrogens with zero attached hydrogens (tertiary/aromatic N) is 1. The third-order valence-electron chi connectivity index (χ3n) is 5.18. The Bertz CT molecular complexity index is 964. The minimum absolute atomic E-state index is 0.0559. The maximum Gasteiger partial charge on any atom is 0.226 e. The van der Waals surface area contributed by atoms with E-state index in [1.165, 1.54) is 16.9 Å². The third-order valence-corrected chi connectivity index (χ3v) is 6.11. The Morgan fingerprint density at radius 1 is 1.14 bits per heavy atom. The number of carbonyl (C=O) groups excluding carboxylic acids is 1. The van der Waals surface area contributed by atoms with Crippen LogP contribution in [0.15, 0.2) is 42.5 Å². The Morgan fingerprint density at radius 3 is 2.55 bits per heavy atom. The molecule has 6 heteroatoms. The standard InChI is InChI=1S/C23H28N2O3S/c1-5-23(2,3)16-8-10-17(11-9-16)28-14-6-7-21(26)25-22-24-19-13-12-18(27-4)15-20(19)29-22/h8-13,15H,5-7,14H2,1-4H3,(H,24,25,26). The lowest BCUT2D eigenvalue weighted by Crippen LogP contribution is -2.15. The molecular weight excluding hydrogens is 384 g/mol. The number of anilines is 1. The second kappa shape index (κ2) is 9.27. The summed E-state index contributed by atoms with van der Waals surface area (Å²) in [5, 5.41) is 3.48. The second-order valence-corrected chi connectivity index (χ2v) is 8.65. The Morgan fingerprint density at radius 2 is 1.86 bits per heavy atom. The Labute approximate surface area is 176 Å². The monoisotopic (exact) mass is 412 g/mol. The molecule has 2 aromatic carbocycles. The normalized spacial score (nSPS) is 11.4. The number of carbonyl (C=O) groups is 1. The first-order chi connectivity index (χ1) is 13.9. The maximum absolute atomic E-state index is 12.2. The molecule has 5 nitrogen and oxygen atoms in total. The number of aromatic nitrogens is 1. The lowest BCUT2D eigenvalue weighted by molar-refractivity contribution is -0.116. The Balaban J connectivity index is 1.44. The number of amides is 1. The van der Waals surface area contributed by atoms with Crippen LogP contribution >= 0.6 is 11.3 Å². The molecule has 3 aromatic rings. The predicted molar refractivity (Wildman–Crippen MR) is 119 cm³/mol. The molecule has 3 rings (SSSR count). The minimum atomic E-state index is -0.0559. The van der Waals surface area contributed by atoms with E-state index < -0.39 is 0 Å². The van der Waals surface area contributed by atoms with E-state index in [0.29, 0.717) is 24.6 Å². The van der Waals surface area contributed by atoms with Gasteiger partial charge >= 0.3 is 0 Å². The number of methoxy groups -OCH3 is 1. The highest BCUT2D eigenvalue weighted by Crippen LogP contribution is 2.29. The van der Waals surface area contributed by atoms with Gasteiger partial charge in [0, 0.05) is 6.42 Å². The molecule has 0 saturated carbocycles. The van der Waals surface area contributed by atoms with Crippen molar-refractivity contribution < 1.29 is 14.3 Å². The first kappa shape index (κ1) is 21.1. The molecule has 1 amide bonds. The molecule has 0 aliphatic rings. The summed E-state index contributed by atoms with van der Waals surface area (Å²) in [6.07, 6.45) is 2.12. The zero-order chi connectivity index (χ0) is 20.9. The van der Waals surface area contributed by atoms with Gasteiger partial charge in [-0.15, -0.1) is 0 Å². The van der Waals surface area contributed by atoms with Crippen molar-refractivity contribution in [3.8, 4) is 11.5 Å². The van der Waals surface area contributed by atoms with Gasteiger partial charge in [-0.25, -0.2) is 4.98 Å². The van der Waals surface area contributed by atoms with Crippen molar-refractivity contribution in [1.82, 2.24) is 4.98 Å². The molecule has 0 bridgehead atoms. The third kappa shape index (κ3) is 5.48. The highest BCUT2D eigenvalue weighted by Gasteiger charge is 2.17. The highest BCUT2D eigenvalue weighted by atomic mass is 32.1. The molecule has 1 heterocycles. The minimum Gasteiger partial charge on any atom is -0.497 e. The number of hydrogen-bond donors (Lipinski definition) is 1. The lowest BCUT2D eigenvalue weighted by Gasteiger charge is -2.23. The van der Waals surface area contributed by atoms with Gasteiger partial charge in [-0.05, 0) is 54.2 Å². The van der Waals surface area contributed by atoms with Crippen LogP contribution in [0.2, 0.25) is 0 Å². The number of hydrogen-bond acceptors (Lipinski definition) is 5. The van der Waals surface area contributed by atoms with Gasteiger partial charge < -0.3 is 14.8 Å². The molecule has 154 valence electrons. The van der Waals surface area contributed by atoms with Crippen molar-refractivity contribution >= 4 is 32.6 Å². The van der Waals surface area contributed by atoms with E-state index in [0.717, 1.165) is 28.1 Å². The number of ether oxygens (including phenoxy) is 2. The molecule has 0 spiro atoms. The van der Waals surface area contributed by atoms with Gasteiger partial charge in [-0.3, -0.25) is 4.79 Å². The average molecular weight is 413 g/mol. The average Bonchev–Trinajstić information content (AvgIpc) is 3.12. The Kier molecular flexibility index (Phi) is 6.75. The summed E-state index contributed by atoms with van der Waals surface area (Å²) in [5.74, 6) is 1.56. The SMILES string of the molecule is CCC(C)(C)c1ccc(OCCCC(=O)Nc2nc3ccc(OC)cc3s2)cc1. The molecular formula is C23H28N2O3S. The fraction of sp³-hybridized carbons (Fsp3) is 0.391. The topological polar surface area (TPSA) is 60.5 Å². The summed E-state index contributed by atoms with van der Waals surface area (Å²) in [6.45, 7) is 7.18. The molecule has 0 saturated heterocycles. The number of benzene rings is 2. The second-order valence-electron chi connectivity index (χ2n) is 7.61. The molecule has 1 N–H and O–H groups in total. The molecule has 0 atom stereocenters. The van der Waals surface area contributed by atoms with Gasteiger partial charge in [0.15, 0.2) is 5.13 Å². The van der Waals surface area contributed by atoms with E-state index in [2.05, 4.69) is 43.2 Å². The summed E-state index contributed by atoms with van der Waals surface area (Å²) in [6, 6.07) is 13.9. The quantitative estimate of drug-likeness (QED) is 0.452. The van der Waals surface area contributed by atoms with Crippen LogP contribution in [0, 0.1) is 0 Å². The summed E-state index contributed by atoms with van der Waals surface area (Å²) >= 11 is 1.44. The van der Waals surface area contributed by atoms with Crippen molar-refractivity contribution in [1.29, 1.82) is 0 Å². The fourth-order valence-electron chi connectivity index (χ4n) is 2.90. The molecule has 0 radical (unpaired) electrons. The van der Waals surface area contributed by atoms with E-state index in [1.807, 2.05) is 30.3 Å². The van der Waals surface area contributed by atoms with Gasteiger partial charge in [-0.1, -0.05) is 44.2 Å². The van der Waals surface area contributed by atoms with Gasteiger partial charge in [0.25, 0.3) is 0 Å². The molecule has 0 unspecified atom stereocenters. The number of fused-ring (bicyclic) bond motifs is 1. The van der Waals surface area contributed by atoms with Gasteiger partial charge in [0.2, 0.25) is 5.91 Å². The first-order valence-corrected chi connectivity index (χ1v) is 10.7. The van der Waals surface area contributed by atoms with E-state index in [1.54, 1.807) is 7.11 Å². The number of nitrogens with one attached hydrogen (secondary N) is 1. The van der Waals surface area contributed by atoms with Crippen LogP contribution in [-0.4, -0.2) is 24.6 Å². The zero-order valence-electron chi connectivity index (χ0n) is 17.5. The van der Waals surface area contributed by atoms with Gasteiger partial charge in [0.05, 0.1) is 23.9 Å². The van der Waals surface area contributed by atoms with Crippen LogP contribution in [0.3, 0.4) is 0 Å². The molecule has 29 heavy (non-hydrogen) atoms. The Hall–Kier alpha value is -2.60. The van der Waals surface area contributed by atoms with Gasteiger partial charge in [-0.2, -0.15) is 0 Å². The summed E-state index contributed by atoms with van der Waals surface area (Å²) < 4.78 is 12.0. The maximum atomic E-state index is 12.2. The van der Waals surface area contributed by atoms with E-state index in [-0.39, 0.29) is 11.3 Å². The van der Waals surface area contributed by atoms with Crippen LogP contribution in [0.1, 0.15) is 45.6 Å². The van der Waals surface area contributed by atoms with Crippen LogP contribution < -0.4 is 14.8 Å². The fourth-order valence-corrected chi connectivity index (χ4v) is 3.81. The van der Waals surface area contributed by atoms with Crippen LogP contribution in [0.4, 0.5) is 5.13 Å². The summed E-state index contributed by atoms with van der Waals surface area (Å²) in [4.78, 5) is 16.6. The molecule has 0 aliphatic heterocycles. The van der Waals surface area contributed by atoms with Crippen molar-refractivity contribution in [2.24, 2.45) is 0 Å². The van der Waals surface area contributed by atoms with E-state index in [4.69, 9.17) is 9.47 Å². The van der Waals surface area contributed by atoms with Crippen molar-refractivity contribution in [2.75, 3.05) is 19.0 Å². The first-order valence-electron chi connectivity index (χ1n) is 9.89. The molecule has 0 fully saturated rings. The molecule has 0 aliphatic carbocycles. The van der Waals surface area contributed by atoms with Crippen molar-refractivity contribution in [3.63, 3.8) is 0 Å². The van der Waals surface area contributed by atoms with E-state index >= 15 is 0 Å². The van der Waals surface area contributed by atoms with Gasteiger partial charge in [0.1, 0.15) is 11.5 Å². The number of rotatable bonds is 9. The number of thiazole rings is 1. The van der Waals surface area contributed by atoms with Crippen LogP contribution in [0.5, 0.6) is 11.5 Å². The summed E-state index contributed by atoms with van der Waals surface area (Å²) in [5.41, 5.74) is 2.33. The predicted octanol–water partition coefficient (Wildman–Crippen LogP) is 5.79. The smallest absolute Gasteiger partial charge is 0.226 e.